The highest BCUT2D eigenvalue weighted by Gasteiger charge is 2.22. The van der Waals surface area contributed by atoms with Crippen LogP contribution in [0.4, 0.5) is 5.82 Å². The molecule has 5 heteroatoms. The summed E-state index contributed by atoms with van der Waals surface area (Å²) in [5, 5.41) is 13.1. The Morgan fingerprint density at radius 2 is 2.05 bits per heavy atom. The number of pyridine rings is 1. The second-order valence-electron chi connectivity index (χ2n) is 5.58. The van der Waals surface area contributed by atoms with Crippen LogP contribution in [0.1, 0.15) is 31.2 Å². The number of oxime groups is 1. The van der Waals surface area contributed by atoms with E-state index in [1.807, 2.05) is 30.3 Å². The van der Waals surface area contributed by atoms with Gasteiger partial charge in [-0.15, -0.1) is 0 Å². The van der Waals surface area contributed by atoms with Crippen LogP contribution in [0, 0.1) is 0 Å². The fraction of sp³-hybridized carbons (Fsp3) is 0.375. The highest BCUT2D eigenvalue weighted by molar-refractivity contribution is 6.08. The summed E-state index contributed by atoms with van der Waals surface area (Å²) in [6.45, 7) is 0. The number of anilines is 1. The summed E-state index contributed by atoms with van der Waals surface area (Å²) in [4.78, 5) is 6.95. The number of amidine groups is 1. The molecular formula is C16H20N4O. The Morgan fingerprint density at radius 3 is 2.76 bits per heavy atom. The summed E-state index contributed by atoms with van der Waals surface area (Å²) < 4.78 is 0. The third kappa shape index (κ3) is 2.51. The molecular weight excluding hydrogens is 264 g/mol. The van der Waals surface area contributed by atoms with Crippen molar-refractivity contribution in [3.05, 3.63) is 35.9 Å². The smallest absolute Gasteiger partial charge is 0.170 e. The first-order valence-electron chi connectivity index (χ1n) is 7.31. The maximum atomic E-state index is 9.02. The first-order valence-corrected chi connectivity index (χ1v) is 7.31. The highest BCUT2D eigenvalue weighted by atomic mass is 16.4. The van der Waals surface area contributed by atoms with E-state index in [2.05, 4.69) is 17.1 Å². The second-order valence-corrected chi connectivity index (χ2v) is 5.58. The second kappa shape index (κ2) is 5.60. The Kier molecular flexibility index (Phi) is 3.64. The monoisotopic (exact) mass is 284 g/mol. The molecule has 3 N–H and O–H groups in total. The SMILES string of the molecule is CN(c1cc(C(N)=NO)c2ccccc2n1)C1CCCC1. The molecule has 0 atom stereocenters. The van der Waals surface area contributed by atoms with Crippen LogP contribution < -0.4 is 10.6 Å². The molecule has 110 valence electrons. The zero-order valence-electron chi connectivity index (χ0n) is 12.2. The molecule has 0 unspecified atom stereocenters. The number of hydrogen-bond donors (Lipinski definition) is 2. The van der Waals surface area contributed by atoms with Gasteiger partial charge in [0.05, 0.1) is 5.52 Å². The zero-order valence-corrected chi connectivity index (χ0v) is 12.2. The van der Waals surface area contributed by atoms with E-state index in [4.69, 9.17) is 15.9 Å². The van der Waals surface area contributed by atoms with Crippen LogP contribution in [0.15, 0.2) is 35.5 Å². The number of para-hydroxylation sites is 1. The number of benzene rings is 1. The van der Waals surface area contributed by atoms with Crippen LogP contribution in [0.3, 0.4) is 0 Å². The van der Waals surface area contributed by atoms with Crippen molar-refractivity contribution < 1.29 is 5.21 Å². The Bertz CT molecular complexity index is 677. The van der Waals surface area contributed by atoms with Gasteiger partial charge in [0.25, 0.3) is 0 Å². The zero-order chi connectivity index (χ0) is 14.8. The van der Waals surface area contributed by atoms with E-state index in [1.165, 1.54) is 25.7 Å². The number of fused-ring (bicyclic) bond motifs is 1. The molecule has 0 bridgehead atoms. The van der Waals surface area contributed by atoms with Crippen molar-refractivity contribution >= 4 is 22.6 Å². The van der Waals surface area contributed by atoms with Gasteiger partial charge in [-0.25, -0.2) is 4.98 Å². The molecule has 1 aliphatic carbocycles. The Morgan fingerprint density at radius 1 is 1.33 bits per heavy atom. The van der Waals surface area contributed by atoms with Gasteiger partial charge in [-0.05, 0) is 25.0 Å². The average molecular weight is 284 g/mol. The Labute approximate surface area is 124 Å². The van der Waals surface area contributed by atoms with Crippen molar-refractivity contribution in [3.8, 4) is 0 Å². The molecule has 1 aromatic carbocycles. The topological polar surface area (TPSA) is 74.7 Å². The number of hydrogen-bond acceptors (Lipinski definition) is 4. The number of nitrogens with zero attached hydrogens (tertiary/aromatic N) is 3. The number of aromatic nitrogens is 1. The van der Waals surface area contributed by atoms with E-state index in [9.17, 15) is 0 Å². The third-order valence-electron chi connectivity index (χ3n) is 4.32. The van der Waals surface area contributed by atoms with Gasteiger partial charge in [0.2, 0.25) is 0 Å². The molecule has 0 spiro atoms. The summed E-state index contributed by atoms with van der Waals surface area (Å²) in [7, 11) is 2.07. The van der Waals surface area contributed by atoms with Crippen LogP contribution in [0.2, 0.25) is 0 Å². The summed E-state index contributed by atoms with van der Waals surface area (Å²) in [6.07, 6.45) is 4.94. The van der Waals surface area contributed by atoms with Crippen LogP contribution >= 0.6 is 0 Å². The minimum Gasteiger partial charge on any atom is -0.409 e. The van der Waals surface area contributed by atoms with Crippen molar-refractivity contribution in [1.29, 1.82) is 0 Å². The first-order chi connectivity index (χ1) is 10.2. The Hall–Kier alpha value is -2.30. The molecule has 0 saturated heterocycles. The molecule has 3 rings (SSSR count). The fourth-order valence-corrected chi connectivity index (χ4v) is 3.09. The predicted octanol–water partition coefficient (Wildman–Crippen LogP) is 2.71. The van der Waals surface area contributed by atoms with Gasteiger partial charge in [-0.2, -0.15) is 0 Å². The summed E-state index contributed by atoms with van der Waals surface area (Å²) in [5.41, 5.74) is 7.42. The van der Waals surface area contributed by atoms with E-state index < -0.39 is 0 Å². The molecule has 1 fully saturated rings. The van der Waals surface area contributed by atoms with E-state index in [1.54, 1.807) is 0 Å². The molecule has 1 heterocycles. The van der Waals surface area contributed by atoms with Crippen molar-refractivity contribution in [2.45, 2.75) is 31.7 Å². The van der Waals surface area contributed by atoms with Crippen molar-refractivity contribution in [2.75, 3.05) is 11.9 Å². The van der Waals surface area contributed by atoms with Crippen molar-refractivity contribution in [1.82, 2.24) is 4.98 Å². The van der Waals surface area contributed by atoms with Gasteiger partial charge < -0.3 is 15.8 Å². The molecule has 1 aliphatic rings. The lowest BCUT2D eigenvalue weighted by Gasteiger charge is -2.26. The third-order valence-corrected chi connectivity index (χ3v) is 4.32. The lowest BCUT2D eigenvalue weighted by atomic mass is 10.1. The minimum absolute atomic E-state index is 0.120. The van der Waals surface area contributed by atoms with Crippen LogP contribution in [-0.4, -0.2) is 29.1 Å². The van der Waals surface area contributed by atoms with E-state index >= 15 is 0 Å². The van der Waals surface area contributed by atoms with Gasteiger partial charge in [0.1, 0.15) is 5.82 Å². The minimum atomic E-state index is 0.120. The Balaban J connectivity index is 2.11. The quantitative estimate of drug-likeness (QED) is 0.393. The molecule has 0 radical (unpaired) electrons. The van der Waals surface area contributed by atoms with Crippen molar-refractivity contribution in [2.24, 2.45) is 10.9 Å². The lowest BCUT2D eigenvalue weighted by molar-refractivity contribution is 0.318. The van der Waals surface area contributed by atoms with Gasteiger partial charge >= 0.3 is 0 Å². The van der Waals surface area contributed by atoms with Crippen molar-refractivity contribution in [3.63, 3.8) is 0 Å². The number of rotatable bonds is 3. The van der Waals surface area contributed by atoms with E-state index in [0.717, 1.165) is 22.3 Å². The molecule has 0 aliphatic heterocycles. The van der Waals surface area contributed by atoms with Gasteiger partial charge in [0, 0.05) is 24.0 Å². The van der Waals surface area contributed by atoms with E-state index in [-0.39, 0.29) is 5.84 Å². The van der Waals surface area contributed by atoms with Gasteiger partial charge in [-0.3, -0.25) is 0 Å². The molecule has 21 heavy (non-hydrogen) atoms. The molecule has 2 aromatic rings. The average Bonchev–Trinajstić information content (AvgIpc) is 3.06. The molecule has 5 nitrogen and oxygen atoms in total. The standard InChI is InChI=1S/C16H20N4O/c1-20(11-6-2-3-7-11)15-10-13(16(17)19-21)12-8-4-5-9-14(12)18-15/h4-5,8-11,21H,2-3,6-7H2,1H3,(H2,17,19). The van der Waals surface area contributed by atoms with Gasteiger partial charge in [0.15, 0.2) is 5.84 Å². The van der Waals surface area contributed by atoms with Crippen LogP contribution in [0.5, 0.6) is 0 Å². The first kappa shape index (κ1) is 13.7. The highest BCUT2D eigenvalue weighted by Crippen LogP contribution is 2.28. The maximum Gasteiger partial charge on any atom is 0.170 e. The normalized spacial score (nSPS) is 16.5. The van der Waals surface area contributed by atoms with Crippen LogP contribution in [-0.2, 0) is 0 Å². The maximum absolute atomic E-state index is 9.02. The molecule has 1 aromatic heterocycles. The lowest BCUT2D eigenvalue weighted by Crippen LogP contribution is -2.30. The molecule has 0 amide bonds. The fourth-order valence-electron chi connectivity index (χ4n) is 3.09. The van der Waals surface area contributed by atoms with E-state index in [0.29, 0.717) is 6.04 Å². The van der Waals surface area contributed by atoms with Gasteiger partial charge in [-0.1, -0.05) is 36.2 Å². The predicted molar refractivity (Wildman–Crippen MR) is 84.9 cm³/mol. The summed E-state index contributed by atoms with van der Waals surface area (Å²) in [5.74, 6) is 0.997. The number of nitrogens with two attached hydrogens (primary N) is 1. The summed E-state index contributed by atoms with van der Waals surface area (Å²) >= 11 is 0. The summed E-state index contributed by atoms with van der Waals surface area (Å²) in [6, 6.07) is 10.2. The van der Waals surface area contributed by atoms with Crippen LogP contribution in [0.25, 0.3) is 10.9 Å². The molecule has 1 saturated carbocycles. The largest absolute Gasteiger partial charge is 0.409 e.